The maximum Gasteiger partial charge on any atom is 0.240 e. The van der Waals surface area contributed by atoms with E-state index in [0.717, 1.165) is 10.8 Å². The number of para-hydroxylation sites is 1. The molecule has 0 amide bonds. The number of aliphatic imine (C=N–C) groups is 1. The van der Waals surface area contributed by atoms with Gasteiger partial charge in [-0.05, 0) is 17.7 Å². The second-order valence-corrected chi connectivity index (χ2v) is 11.7. The van der Waals surface area contributed by atoms with Crippen LogP contribution in [0.15, 0.2) is 55.3 Å². The quantitative estimate of drug-likeness (QED) is 0.350. The molecule has 174 valence electrons. The highest BCUT2D eigenvalue weighted by Gasteiger charge is 2.33. The summed E-state index contributed by atoms with van der Waals surface area (Å²) >= 11 is 1.24. The number of sulfone groups is 1. The topological polar surface area (TPSA) is 217 Å². The number of rotatable bonds is 7. The number of nitrogen functional groups attached to an aromatic ring is 1. The van der Waals surface area contributed by atoms with Gasteiger partial charge in [0.1, 0.15) is 4.90 Å². The summed E-state index contributed by atoms with van der Waals surface area (Å²) in [4.78, 5) is 7.20. The summed E-state index contributed by atoms with van der Waals surface area (Å²) in [5, 5.41) is 22.7. The zero-order chi connectivity index (χ0) is 24.0. The Morgan fingerprint density at radius 2 is 1.88 bits per heavy atom. The molecule has 4 rings (SSSR count). The van der Waals surface area contributed by atoms with Crippen molar-refractivity contribution in [2.24, 2.45) is 26.1 Å². The first-order valence-corrected chi connectivity index (χ1v) is 13.4. The number of aliphatic hydroxyl groups excluding tert-OH is 1. The molecular formula is C18H19N7O5S3. The maximum atomic E-state index is 13.1. The van der Waals surface area contributed by atoms with E-state index in [1.54, 1.807) is 18.2 Å². The zero-order valence-corrected chi connectivity index (χ0v) is 19.4. The monoisotopic (exact) mass is 509 g/mol. The van der Waals surface area contributed by atoms with Gasteiger partial charge in [0.25, 0.3) is 0 Å². The van der Waals surface area contributed by atoms with Gasteiger partial charge in [-0.1, -0.05) is 29.5 Å². The summed E-state index contributed by atoms with van der Waals surface area (Å²) < 4.78 is 52.4. The van der Waals surface area contributed by atoms with E-state index >= 15 is 0 Å². The molecule has 0 fully saturated rings. The molecule has 0 bridgehead atoms. The van der Waals surface area contributed by atoms with Crippen LogP contribution in [0.3, 0.4) is 0 Å². The number of fused-ring (bicyclic) bond motifs is 1. The van der Waals surface area contributed by atoms with Gasteiger partial charge in [0, 0.05) is 11.6 Å². The van der Waals surface area contributed by atoms with E-state index in [1.165, 1.54) is 17.4 Å². The van der Waals surface area contributed by atoms with Gasteiger partial charge in [-0.15, -0.1) is 5.11 Å². The molecule has 2 aromatic carbocycles. The van der Waals surface area contributed by atoms with Crippen molar-refractivity contribution in [1.82, 2.24) is 4.98 Å². The zero-order valence-electron chi connectivity index (χ0n) is 16.9. The van der Waals surface area contributed by atoms with Crippen LogP contribution in [-0.4, -0.2) is 57.8 Å². The van der Waals surface area contributed by atoms with Gasteiger partial charge < -0.3 is 16.6 Å². The van der Waals surface area contributed by atoms with Crippen molar-refractivity contribution in [3.05, 3.63) is 35.9 Å². The second-order valence-electron chi connectivity index (χ2n) is 7.15. The number of sulfonamides is 1. The van der Waals surface area contributed by atoms with E-state index in [1.807, 2.05) is 0 Å². The van der Waals surface area contributed by atoms with Crippen LogP contribution in [0.4, 0.5) is 5.13 Å². The number of aliphatic hydroxyl groups is 1. The van der Waals surface area contributed by atoms with Gasteiger partial charge in [0.05, 0.1) is 33.0 Å². The molecule has 1 unspecified atom stereocenters. The smallest absolute Gasteiger partial charge is 0.240 e. The van der Waals surface area contributed by atoms with Crippen LogP contribution in [-0.2, 0) is 19.9 Å². The molecule has 0 radical (unpaired) electrons. The Labute approximate surface area is 192 Å². The van der Waals surface area contributed by atoms with Gasteiger partial charge in [0.15, 0.2) is 27.5 Å². The molecule has 0 aliphatic carbocycles. The summed E-state index contributed by atoms with van der Waals surface area (Å²) in [6, 6.07) is 6.67. The highest BCUT2D eigenvalue weighted by molar-refractivity contribution is 7.93. The fourth-order valence-corrected chi connectivity index (χ4v) is 7.34. The van der Waals surface area contributed by atoms with E-state index in [2.05, 4.69) is 20.2 Å². The molecule has 0 saturated heterocycles. The molecule has 7 N–H and O–H groups in total. The Bertz CT molecular complexity index is 1530. The van der Waals surface area contributed by atoms with Gasteiger partial charge in [0.2, 0.25) is 10.0 Å². The number of nitrogens with two attached hydrogens (primary N) is 3. The standard InChI is InChI=1S/C18H19N7O5S3/c19-9(6-26)7-32(27,28)13-5-4-10(11-2-1-3-12-15(11)24-18(20)31-12)14(16(13)33(21,29)30)17-22-8-23-25-17/h1-5,9,26H,6-8,19H2,(H2,20,24)(H2,21,29,30). The van der Waals surface area contributed by atoms with E-state index in [4.69, 9.17) is 16.6 Å². The van der Waals surface area contributed by atoms with Crippen molar-refractivity contribution >= 4 is 52.4 Å². The van der Waals surface area contributed by atoms with Gasteiger partial charge >= 0.3 is 0 Å². The minimum atomic E-state index is -4.61. The number of aromatic nitrogens is 1. The third kappa shape index (κ3) is 4.38. The first kappa shape index (κ1) is 23.3. The van der Waals surface area contributed by atoms with Crippen molar-refractivity contribution in [3.8, 4) is 11.1 Å². The van der Waals surface area contributed by atoms with Crippen LogP contribution in [0.2, 0.25) is 0 Å². The molecule has 1 atom stereocenters. The Morgan fingerprint density at radius 1 is 1.12 bits per heavy atom. The Balaban J connectivity index is 2.11. The van der Waals surface area contributed by atoms with Crippen LogP contribution < -0.4 is 16.6 Å². The number of hydrogen-bond donors (Lipinski definition) is 4. The number of thiazole rings is 1. The van der Waals surface area contributed by atoms with Crippen molar-refractivity contribution < 1.29 is 21.9 Å². The van der Waals surface area contributed by atoms with E-state index in [9.17, 15) is 21.9 Å². The summed E-state index contributed by atoms with van der Waals surface area (Å²) in [5.74, 6) is -0.783. The number of primary sulfonamides is 1. The molecule has 0 saturated carbocycles. The van der Waals surface area contributed by atoms with Gasteiger partial charge in [-0.2, -0.15) is 5.11 Å². The molecule has 1 aliphatic heterocycles. The predicted molar refractivity (Wildman–Crippen MR) is 124 cm³/mol. The highest BCUT2D eigenvalue weighted by atomic mass is 32.2. The fourth-order valence-electron chi connectivity index (χ4n) is 3.50. The molecule has 2 heterocycles. The minimum Gasteiger partial charge on any atom is -0.395 e. The lowest BCUT2D eigenvalue weighted by Gasteiger charge is -2.18. The first-order valence-electron chi connectivity index (χ1n) is 9.39. The van der Waals surface area contributed by atoms with E-state index < -0.39 is 48.1 Å². The molecule has 12 nitrogen and oxygen atoms in total. The largest absolute Gasteiger partial charge is 0.395 e. The van der Waals surface area contributed by atoms with Crippen LogP contribution in [0.5, 0.6) is 0 Å². The number of azo groups is 1. The lowest BCUT2D eigenvalue weighted by Crippen LogP contribution is -2.34. The molecule has 15 heteroatoms. The van der Waals surface area contributed by atoms with Crippen molar-refractivity contribution in [3.63, 3.8) is 0 Å². The molecular weight excluding hydrogens is 490 g/mol. The fraction of sp³-hybridized carbons (Fsp3) is 0.222. The number of amidine groups is 1. The van der Waals surface area contributed by atoms with Crippen LogP contribution in [0.25, 0.3) is 21.3 Å². The maximum absolute atomic E-state index is 13.1. The third-order valence-electron chi connectivity index (χ3n) is 4.81. The Kier molecular flexibility index (Phi) is 6.02. The van der Waals surface area contributed by atoms with Gasteiger partial charge in [-0.3, -0.25) is 0 Å². The summed E-state index contributed by atoms with van der Waals surface area (Å²) in [6.07, 6.45) is 0. The summed E-state index contributed by atoms with van der Waals surface area (Å²) in [5.41, 5.74) is 12.6. The summed E-state index contributed by atoms with van der Waals surface area (Å²) in [7, 11) is -8.89. The Morgan fingerprint density at radius 3 is 2.52 bits per heavy atom. The molecule has 1 aliphatic rings. The molecule has 3 aromatic rings. The predicted octanol–water partition coefficient (Wildman–Crippen LogP) is 0.456. The molecule has 33 heavy (non-hydrogen) atoms. The van der Waals surface area contributed by atoms with Crippen LogP contribution in [0, 0.1) is 0 Å². The number of anilines is 1. The summed E-state index contributed by atoms with van der Waals surface area (Å²) in [6.45, 7) is -0.665. The molecule has 0 spiro atoms. The lowest BCUT2D eigenvalue weighted by molar-refractivity contribution is 0.274. The number of hydrogen-bond acceptors (Lipinski definition) is 12. The average Bonchev–Trinajstić information content (AvgIpc) is 3.40. The SMILES string of the molecule is Nc1nc2c(-c3ccc(S(=O)(=O)CC(N)CO)c(S(N)(=O)=O)c3C3=NCN=N3)cccc2s1. The third-order valence-corrected chi connectivity index (χ3v) is 8.66. The van der Waals surface area contributed by atoms with E-state index in [-0.39, 0.29) is 18.1 Å². The first-order chi connectivity index (χ1) is 15.5. The number of nitrogens with zero attached hydrogens (tertiary/aromatic N) is 4. The minimum absolute atomic E-state index is 0.0565. The molecule has 1 aromatic heterocycles. The van der Waals surface area contributed by atoms with E-state index in [0.29, 0.717) is 21.8 Å². The van der Waals surface area contributed by atoms with Crippen molar-refractivity contribution in [2.45, 2.75) is 15.8 Å². The second kappa shape index (κ2) is 8.51. The number of benzene rings is 2. The van der Waals surface area contributed by atoms with Crippen molar-refractivity contribution in [1.29, 1.82) is 0 Å². The van der Waals surface area contributed by atoms with Crippen molar-refractivity contribution in [2.75, 3.05) is 24.8 Å². The van der Waals surface area contributed by atoms with Gasteiger partial charge in [-0.25, -0.2) is 32.0 Å². The van der Waals surface area contributed by atoms with Crippen LogP contribution in [0.1, 0.15) is 5.56 Å². The van der Waals surface area contributed by atoms with Crippen LogP contribution >= 0.6 is 11.3 Å². The highest BCUT2D eigenvalue weighted by Crippen LogP contribution is 2.39. The Hall–Kier alpha value is -2.82. The average molecular weight is 510 g/mol. The lowest BCUT2D eigenvalue weighted by atomic mass is 9.98. The normalized spacial score (nSPS) is 15.2.